The molecule has 0 saturated carbocycles. The summed E-state index contributed by atoms with van der Waals surface area (Å²) in [5.41, 5.74) is 0.0580. The van der Waals surface area contributed by atoms with E-state index in [9.17, 15) is 18.0 Å². The molecule has 3 heterocycles. The van der Waals surface area contributed by atoms with Crippen LogP contribution in [0.15, 0.2) is 23.2 Å². The summed E-state index contributed by atoms with van der Waals surface area (Å²) in [6.45, 7) is 5.47. The minimum absolute atomic E-state index is 0.00742. The van der Waals surface area contributed by atoms with Gasteiger partial charge in [0.1, 0.15) is 5.60 Å². The van der Waals surface area contributed by atoms with Crippen molar-refractivity contribution in [1.29, 1.82) is 0 Å². The van der Waals surface area contributed by atoms with E-state index in [-0.39, 0.29) is 42.6 Å². The van der Waals surface area contributed by atoms with E-state index < -0.39 is 27.4 Å². The van der Waals surface area contributed by atoms with E-state index in [1.165, 1.54) is 11.8 Å². The van der Waals surface area contributed by atoms with Crippen LogP contribution >= 0.6 is 11.8 Å². The predicted octanol–water partition coefficient (Wildman–Crippen LogP) is 1.93. The molecule has 0 unspecified atom stereocenters. The number of hydrogen-bond donors (Lipinski definition) is 1. The lowest BCUT2D eigenvalue weighted by atomic mass is 10.2. The maximum Gasteiger partial charge on any atom is 0.407 e. The molecule has 3 aliphatic heterocycles. The van der Waals surface area contributed by atoms with Crippen LogP contribution in [0.25, 0.3) is 0 Å². The number of thioether (sulfide) groups is 1. The number of nitrogens with zero attached hydrogens (tertiary/aromatic N) is 2. The lowest BCUT2D eigenvalue weighted by molar-refractivity contribution is -0.117. The normalized spacial score (nSPS) is 24.5. The minimum Gasteiger partial charge on any atom is -0.454 e. The zero-order valence-corrected chi connectivity index (χ0v) is 19.6. The van der Waals surface area contributed by atoms with Gasteiger partial charge in [0.15, 0.2) is 26.5 Å². The molecule has 0 bridgehead atoms. The standard InChI is InChI=1S/C20H25N3O7S2/c1-20(2,3)30-19(25)21-7-6-17(24)22-18-23(13-9-32(26,27)10-16(13)31-18)12-4-5-14-15(8-12)29-11-28-14/h4-5,8,13,16H,6-7,9-11H2,1-3H3,(H,21,25)/t13-,16-/m0/s1. The first-order valence-corrected chi connectivity index (χ1v) is 12.9. The summed E-state index contributed by atoms with van der Waals surface area (Å²) in [4.78, 5) is 30.3. The Hall–Kier alpha value is -2.47. The molecule has 1 aromatic rings. The molecule has 1 aromatic carbocycles. The second-order valence-electron chi connectivity index (χ2n) is 8.67. The molecule has 12 heteroatoms. The first kappa shape index (κ1) is 22.7. The van der Waals surface area contributed by atoms with Gasteiger partial charge in [0.05, 0.1) is 17.5 Å². The van der Waals surface area contributed by atoms with Gasteiger partial charge in [0, 0.05) is 30.0 Å². The van der Waals surface area contributed by atoms with Crippen molar-refractivity contribution in [1.82, 2.24) is 5.32 Å². The maximum absolute atomic E-state index is 12.5. The molecule has 10 nitrogen and oxygen atoms in total. The summed E-state index contributed by atoms with van der Waals surface area (Å²) in [6, 6.07) is 4.99. The summed E-state index contributed by atoms with van der Waals surface area (Å²) in [5.74, 6) is 0.781. The molecule has 4 rings (SSSR count). The Kier molecular flexibility index (Phi) is 6.01. The van der Waals surface area contributed by atoms with Crippen molar-refractivity contribution >= 4 is 44.5 Å². The van der Waals surface area contributed by atoms with Crippen molar-refractivity contribution in [2.45, 2.75) is 44.1 Å². The number of alkyl carbamates (subject to hydrolysis) is 1. The fourth-order valence-electron chi connectivity index (χ4n) is 3.65. The minimum atomic E-state index is -3.17. The van der Waals surface area contributed by atoms with Gasteiger partial charge in [0.2, 0.25) is 12.7 Å². The van der Waals surface area contributed by atoms with Gasteiger partial charge in [-0.1, -0.05) is 11.8 Å². The molecular formula is C20H25N3O7S2. The highest BCUT2D eigenvalue weighted by Gasteiger charge is 2.49. The predicted molar refractivity (Wildman–Crippen MR) is 120 cm³/mol. The molecule has 1 N–H and O–H groups in total. The average Bonchev–Trinajstić information content (AvgIpc) is 3.31. The van der Waals surface area contributed by atoms with Crippen LogP contribution < -0.4 is 19.7 Å². The van der Waals surface area contributed by atoms with Crippen LogP contribution in [0.3, 0.4) is 0 Å². The summed E-state index contributed by atoms with van der Waals surface area (Å²) >= 11 is 1.29. The molecule has 0 spiro atoms. The fourth-order valence-corrected chi connectivity index (χ4v) is 7.58. The molecule has 0 aliphatic carbocycles. The largest absolute Gasteiger partial charge is 0.454 e. The number of carbonyl (C=O) groups excluding carboxylic acids is 2. The number of aliphatic imine (C=N–C) groups is 1. The molecular weight excluding hydrogens is 458 g/mol. The van der Waals surface area contributed by atoms with Gasteiger partial charge in [-0.25, -0.2) is 13.2 Å². The van der Waals surface area contributed by atoms with E-state index in [1.54, 1.807) is 43.9 Å². The Morgan fingerprint density at radius 1 is 1.25 bits per heavy atom. The van der Waals surface area contributed by atoms with E-state index in [2.05, 4.69) is 10.3 Å². The summed E-state index contributed by atoms with van der Waals surface area (Å²) in [5, 5.41) is 2.76. The van der Waals surface area contributed by atoms with Crippen LogP contribution in [0.4, 0.5) is 10.5 Å². The van der Waals surface area contributed by atoms with Crippen molar-refractivity contribution in [3.63, 3.8) is 0 Å². The van der Waals surface area contributed by atoms with E-state index >= 15 is 0 Å². The number of ether oxygens (including phenoxy) is 3. The molecule has 32 heavy (non-hydrogen) atoms. The van der Waals surface area contributed by atoms with Crippen LogP contribution in [0.2, 0.25) is 0 Å². The highest BCUT2D eigenvalue weighted by Crippen LogP contribution is 2.43. The number of amides is 2. The van der Waals surface area contributed by atoms with Crippen molar-refractivity contribution in [3.8, 4) is 11.5 Å². The van der Waals surface area contributed by atoms with E-state index in [0.29, 0.717) is 22.4 Å². The molecule has 0 radical (unpaired) electrons. The number of sulfone groups is 1. The second-order valence-corrected chi connectivity index (χ2v) is 12.0. The van der Waals surface area contributed by atoms with E-state index in [4.69, 9.17) is 14.2 Å². The third-order valence-electron chi connectivity index (χ3n) is 4.93. The van der Waals surface area contributed by atoms with Crippen LogP contribution in [-0.4, -0.2) is 67.3 Å². The van der Waals surface area contributed by atoms with E-state index in [1.807, 2.05) is 0 Å². The molecule has 2 saturated heterocycles. The van der Waals surface area contributed by atoms with Crippen LogP contribution in [-0.2, 0) is 19.4 Å². The Bertz CT molecular complexity index is 1070. The van der Waals surface area contributed by atoms with Crippen molar-refractivity contribution in [2.75, 3.05) is 29.7 Å². The third-order valence-corrected chi connectivity index (χ3v) is 8.14. The van der Waals surface area contributed by atoms with Gasteiger partial charge < -0.3 is 24.4 Å². The highest BCUT2D eigenvalue weighted by molar-refractivity contribution is 8.16. The van der Waals surface area contributed by atoms with Crippen molar-refractivity contribution in [3.05, 3.63) is 18.2 Å². The summed E-state index contributed by atoms with van der Waals surface area (Å²) in [7, 11) is -3.17. The zero-order valence-electron chi connectivity index (χ0n) is 18.0. The fraction of sp³-hybridized carbons (Fsp3) is 0.550. The number of anilines is 1. The van der Waals surface area contributed by atoms with Crippen molar-refractivity contribution < 1.29 is 32.2 Å². The molecule has 0 aromatic heterocycles. The molecule has 2 atom stereocenters. The average molecular weight is 484 g/mol. The van der Waals surface area contributed by atoms with Gasteiger partial charge in [-0.2, -0.15) is 4.99 Å². The van der Waals surface area contributed by atoms with Gasteiger partial charge in [-0.05, 0) is 32.9 Å². The van der Waals surface area contributed by atoms with Crippen LogP contribution in [0.5, 0.6) is 11.5 Å². The lowest BCUT2D eigenvalue weighted by Gasteiger charge is -2.24. The summed E-state index contributed by atoms with van der Waals surface area (Å²) < 4.78 is 40.3. The molecule has 2 amide bonds. The Balaban J connectivity index is 1.48. The SMILES string of the molecule is CC(C)(C)OC(=O)NCCC(=O)N=C1S[C@H]2CS(=O)(=O)C[C@@H]2N1c1ccc2c(c1)OCO2. The Labute approximate surface area is 190 Å². The molecule has 3 aliphatic rings. The van der Waals surface area contributed by atoms with Gasteiger partial charge in [-0.3, -0.25) is 4.79 Å². The Morgan fingerprint density at radius 2 is 2.00 bits per heavy atom. The molecule has 174 valence electrons. The number of fused-ring (bicyclic) bond motifs is 2. The van der Waals surface area contributed by atoms with Crippen LogP contribution in [0, 0.1) is 0 Å². The summed E-state index contributed by atoms with van der Waals surface area (Å²) in [6.07, 6.45) is -0.610. The first-order chi connectivity index (χ1) is 15.0. The van der Waals surface area contributed by atoms with Crippen LogP contribution in [0.1, 0.15) is 27.2 Å². The van der Waals surface area contributed by atoms with Gasteiger partial charge >= 0.3 is 6.09 Å². The number of nitrogens with one attached hydrogen (secondary N) is 1. The zero-order chi connectivity index (χ0) is 23.1. The monoisotopic (exact) mass is 483 g/mol. The van der Waals surface area contributed by atoms with E-state index in [0.717, 1.165) is 0 Å². The highest BCUT2D eigenvalue weighted by atomic mass is 32.2. The second kappa shape index (κ2) is 8.47. The number of benzene rings is 1. The lowest BCUT2D eigenvalue weighted by Crippen LogP contribution is -2.37. The number of rotatable bonds is 4. The number of amidine groups is 1. The Morgan fingerprint density at radius 3 is 2.75 bits per heavy atom. The van der Waals surface area contributed by atoms with Gasteiger partial charge in [0.25, 0.3) is 0 Å². The first-order valence-electron chi connectivity index (χ1n) is 10.2. The smallest absolute Gasteiger partial charge is 0.407 e. The van der Waals surface area contributed by atoms with Gasteiger partial charge in [-0.15, -0.1) is 0 Å². The topological polar surface area (TPSA) is 124 Å². The number of carbonyl (C=O) groups is 2. The molecule has 2 fully saturated rings. The maximum atomic E-state index is 12.5. The number of hydrogen-bond acceptors (Lipinski definition) is 8. The quantitative estimate of drug-likeness (QED) is 0.684. The van der Waals surface area contributed by atoms with Crippen molar-refractivity contribution in [2.24, 2.45) is 4.99 Å². The third kappa shape index (κ3) is 5.12.